The van der Waals surface area contributed by atoms with Gasteiger partial charge in [0.25, 0.3) is 0 Å². The fraction of sp³-hybridized carbons (Fsp3) is 0.250. The summed E-state index contributed by atoms with van der Waals surface area (Å²) in [6, 6.07) is 1.85. The summed E-state index contributed by atoms with van der Waals surface area (Å²) in [5, 5.41) is 3.76. The lowest BCUT2D eigenvalue weighted by atomic mass is 10.2. The standard InChI is InChI=1S/C8H10N2O3S/c1-13-8(12)10-9-7(11)4-6-2-3-14-5-6/h2-3,5H,4H2,1H3,(H,9,11)(H,10,12). The Hall–Kier alpha value is -1.56. The summed E-state index contributed by atoms with van der Waals surface area (Å²) < 4.78 is 4.27. The van der Waals surface area contributed by atoms with Crippen LogP contribution in [0.4, 0.5) is 4.79 Å². The summed E-state index contributed by atoms with van der Waals surface area (Å²) >= 11 is 1.52. The molecule has 2 amide bonds. The molecule has 1 rings (SSSR count). The molecule has 1 aromatic heterocycles. The Morgan fingerprint density at radius 1 is 1.50 bits per heavy atom. The first-order chi connectivity index (χ1) is 6.72. The van der Waals surface area contributed by atoms with E-state index in [2.05, 4.69) is 15.6 Å². The van der Waals surface area contributed by atoms with Crippen LogP contribution in [0.3, 0.4) is 0 Å². The quantitative estimate of drug-likeness (QED) is 0.711. The van der Waals surface area contributed by atoms with Gasteiger partial charge in [0.15, 0.2) is 0 Å². The summed E-state index contributed by atoms with van der Waals surface area (Å²) in [4.78, 5) is 21.7. The van der Waals surface area contributed by atoms with Crippen LogP contribution in [0.2, 0.25) is 0 Å². The molecule has 0 saturated carbocycles. The van der Waals surface area contributed by atoms with Gasteiger partial charge in [-0.15, -0.1) is 0 Å². The first-order valence-corrected chi connectivity index (χ1v) is 4.80. The van der Waals surface area contributed by atoms with Gasteiger partial charge in [0, 0.05) is 0 Å². The lowest BCUT2D eigenvalue weighted by molar-refractivity contribution is -0.121. The van der Waals surface area contributed by atoms with Gasteiger partial charge in [-0.3, -0.25) is 10.2 Å². The first kappa shape index (κ1) is 10.5. The minimum atomic E-state index is -0.691. The predicted molar refractivity (Wildman–Crippen MR) is 51.7 cm³/mol. The molecule has 0 radical (unpaired) electrons. The normalized spacial score (nSPS) is 9.21. The molecule has 0 spiro atoms. The van der Waals surface area contributed by atoms with E-state index in [4.69, 9.17) is 0 Å². The van der Waals surface area contributed by atoms with Crippen molar-refractivity contribution in [2.24, 2.45) is 0 Å². The number of rotatable bonds is 2. The SMILES string of the molecule is COC(=O)NNC(=O)Cc1ccsc1. The van der Waals surface area contributed by atoms with Gasteiger partial charge >= 0.3 is 6.09 Å². The maximum Gasteiger partial charge on any atom is 0.425 e. The van der Waals surface area contributed by atoms with E-state index in [1.165, 1.54) is 18.4 Å². The van der Waals surface area contributed by atoms with Gasteiger partial charge in [-0.2, -0.15) is 11.3 Å². The second-order valence-electron chi connectivity index (χ2n) is 2.47. The third-order valence-corrected chi connectivity index (χ3v) is 2.17. The average Bonchev–Trinajstić information content (AvgIpc) is 2.66. The molecule has 0 aliphatic carbocycles. The van der Waals surface area contributed by atoms with Crippen LogP contribution in [0, 0.1) is 0 Å². The summed E-state index contributed by atoms with van der Waals surface area (Å²) in [7, 11) is 1.22. The number of hydrogen-bond acceptors (Lipinski definition) is 4. The molecule has 76 valence electrons. The Balaban J connectivity index is 2.26. The van der Waals surface area contributed by atoms with Gasteiger partial charge in [0.1, 0.15) is 0 Å². The highest BCUT2D eigenvalue weighted by Crippen LogP contribution is 2.05. The molecular formula is C8H10N2O3S. The Morgan fingerprint density at radius 2 is 2.29 bits per heavy atom. The van der Waals surface area contributed by atoms with E-state index in [0.29, 0.717) is 0 Å². The Kier molecular flexibility index (Phi) is 3.93. The zero-order valence-electron chi connectivity index (χ0n) is 7.57. The van der Waals surface area contributed by atoms with E-state index in [1.54, 1.807) is 0 Å². The summed E-state index contributed by atoms with van der Waals surface area (Å²) in [5.74, 6) is -0.284. The van der Waals surface area contributed by atoms with Crippen molar-refractivity contribution in [1.82, 2.24) is 10.9 Å². The lowest BCUT2D eigenvalue weighted by Gasteiger charge is -2.04. The maximum absolute atomic E-state index is 11.2. The van der Waals surface area contributed by atoms with Crippen LogP contribution >= 0.6 is 11.3 Å². The number of carbonyl (C=O) groups is 2. The number of hydrogen-bond donors (Lipinski definition) is 2. The van der Waals surface area contributed by atoms with Gasteiger partial charge in [-0.05, 0) is 22.4 Å². The zero-order chi connectivity index (χ0) is 10.4. The molecule has 0 fully saturated rings. The van der Waals surface area contributed by atoms with Crippen LogP contribution in [0.15, 0.2) is 16.8 Å². The molecule has 1 heterocycles. The Labute approximate surface area is 85.0 Å². The minimum absolute atomic E-state index is 0.244. The minimum Gasteiger partial charge on any atom is -0.452 e. The molecule has 1 aromatic rings. The molecule has 0 bridgehead atoms. The third-order valence-electron chi connectivity index (χ3n) is 1.43. The average molecular weight is 214 g/mol. The highest BCUT2D eigenvalue weighted by atomic mass is 32.1. The zero-order valence-corrected chi connectivity index (χ0v) is 8.39. The largest absolute Gasteiger partial charge is 0.452 e. The number of ether oxygens (including phenoxy) is 1. The Bertz CT molecular complexity index is 310. The second kappa shape index (κ2) is 5.23. The first-order valence-electron chi connectivity index (χ1n) is 3.86. The highest BCUT2D eigenvalue weighted by Gasteiger charge is 2.04. The number of amides is 2. The van der Waals surface area contributed by atoms with Gasteiger partial charge in [-0.1, -0.05) is 0 Å². The molecule has 6 heteroatoms. The van der Waals surface area contributed by atoms with E-state index in [1.807, 2.05) is 16.8 Å². The monoisotopic (exact) mass is 214 g/mol. The molecule has 0 saturated heterocycles. The lowest BCUT2D eigenvalue weighted by Crippen LogP contribution is -2.42. The van der Waals surface area contributed by atoms with Crippen LogP contribution in [-0.4, -0.2) is 19.1 Å². The molecule has 2 N–H and O–H groups in total. The molecule has 0 aromatic carbocycles. The fourth-order valence-corrected chi connectivity index (χ4v) is 1.46. The summed E-state index contributed by atoms with van der Waals surface area (Å²) in [5.41, 5.74) is 5.22. The van der Waals surface area contributed by atoms with Gasteiger partial charge in [0.2, 0.25) is 5.91 Å². The van der Waals surface area contributed by atoms with Crippen LogP contribution < -0.4 is 10.9 Å². The number of hydrazine groups is 1. The molecule has 0 aliphatic rings. The fourth-order valence-electron chi connectivity index (χ4n) is 0.795. The Morgan fingerprint density at radius 3 is 2.86 bits per heavy atom. The number of methoxy groups -OCH3 is 1. The van der Waals surface area contributed by atoms with Gasteiger partial charge < -0.3 is 4.74 Å². The molecule has 5 nitrogen and oxygen atoms in total. The number of thiophene rings is 1. The summed E-state index contributed by atoms with van der Waals surface area (Å²) in [6.45, 7) is 0. The van der Waals surface area contributed by atoms with Crippen molar-refractivity contribution < 1.29 is 14.3 Å². The summed E-state index contributed by atoms with van der Waals surface area (Å²) in [6.07, 6.45) is -0.448. The third kappa shape index (κ3) is 3.44. The van der Waals surface area contributed by atoms with Crippen molar-refractivity contribution in [2.75, 3.05) is 7.11 Å². The second-order valence-corrected chi connectivity index (χ2v) is 3.25. The molecule has 14 heavy (non-hydrogen) atoms. The van der Waals surface area contributed by atoms with E-state index < -0.39 is 6.09 Å². The van der Waals surface area contributed by atoms with Crippen LogP contribution in [0.25, 0.3) is 0 Å². The molecule has 0 atom stereocenters. The van der Waals surface area contributed by atoms with Crippen molar-refractivity contribution >= 4 is 23.3 Å². The number of nitrogens with one attached hydrogen (secondary N) is 2. The van der Waals surface area contributed by atoms with Crippen LogP contribution in [0.5, 0.6) is 0 Å². The maximum atomic E-state index is 11.2. The molecule has 0 unspecified atom stereocenters. The van der Waals surface area contributed by atoms with E-state index in [0.717, 1.165) is 5.56 Å². The van der Waals surface area contributed by atoms with Crippen LogP contribution in [0.1, 0.15) is 5.56 Å². The topological polar surface area (TPSA) is 67.4 Å². The van der Waals surface area contributed by atoms with E-state index >= 15 is 0 Å². The molecule has 0 aliphatic heterocycles. The smallest absolute Gasteiger partial charge is 0.425 e. The van der Waals surface area contributed by atoms with E-state index in [9.17, 15) is 9.59 Å². The van der Waals surface area contributed by atoms with Crippen molar-refractivity contribution in [3.05, 3.63) is 22.4 Å². The highest BCUT2D eigenvalue weighted by molar-refractivity contribution is 7.07. The van der Waals surface area contributed by atoms with Gasteiger partial charge in [-0.25, -0.2) is 10.2 Å². The number of carbonyl (C=O) groups excluding carboxylic acids is 2. The predicted octanol–water partition coefficient (Wildman–Crippen LogP) is 0.678. The van der Waals surface area contributed by atoms with Crippen molar-refractivity contribution in [3.63, 3.8) is 0 Å². The van der Waals surface area contributed by atoms with Gasteiger partial charge in [0.05, 0.1) is 13.5 Å². The van der Waals surface area contributed by atoms with Crippen molar-refractivity contribution in [1.29, 1.82) is 0 Å². The van der Waals surface area contributed by atoms with Crippen LogP contribution in [-0.2, 0) is 16.0 Å². The van der Waals surface area contributed by atoms with E-state index in [-0.39, 0.29) is 12.3 Å². The van der Waals surface area contributed by atoms with Crippen molar-refractivity contribution in [3.8, 4) is 0 Å². The van der Waals surface area contributed by atoms with Crippen molar-refractivity contribution in [2.45, 2.75) is 6.42 Å². The molecular weight excluding hydrogens is 204 g/mol.